The number of amides is 1. The number of hydrogen-bond donors (Lipinski definition) is 0. The maximum absolute atomic E-state index is 12.6. The smallest absolute Gasteiger partial charge is 0.362 e. The zero-order valence-electron chi connectivity index (χ0n) is 16.3. The van der Waals surface area contributed by atoms with E-state index >= 15 is 0 Å². The monoisotopic (exact) mass is 385 g/mol. The molecular formula is C21H27N3O4. The molecule has 0 atom stereocenters. The van der Waals surface area contributed by atoms with Crippen molar-refractivity contribution >= 4 is 11.9 Å². The molecule has 0 bridgehead atoms. The summed E-state index contributed by atoms with van der Waals surface area (Å²) >= 11 is 0. The average molecular weight is 385 g/mol. The van der Waals surface area contributed by atoms with Crippen molar-refractivity contribution in [3.8, 4) is 11.4 Å². The van der Waals surface area contributed by atoms with Gasteiger partial charge in [0.05, 0.1) is 18.5 Å². The van der Waals surface area contributed by atoms with Crippen LogP contribution < -0.4 is 4.74 Å². The SMILES string of the molecule is CCOC(=O)c1nn(-c2ccccc2)cc1OCC(=O)N1CCCCCCC1. The van der Waals surface area contributed by atoms with Crippen LogP contribution in [0.4, 0.5) is 0 Å². The van der Waals surface area contributed by atoms with Crippen molar-refractivity contribution in [3.05, 3.63) is 42.2 Å². The first kappa shape index (κ1) is 19.9. The van der Waals surface area contributed by atoms with Crippen molar-refractivity contribution in [2.45, 2.75) is 39.0 Å². The van der Waals surface area contributed by atoms with Gasteiger partial charge >= 0.3 is 5.97 Å². The minimum Gasteiger partial charge on any atom is -0.480 e. The number of hydrogen-bond acceptors (Lipinski definition) is 5. The van der Waals surface area contributed by atoms with Gasteiger partial charge < -0.3 is 14.4 Å². The Bertz CT molecular complexity index is 780. The first-order chi connectivity index (χ1) is 13.7. The van der Waals surface area contributed by atoms with Crippen LogP contribution in [0.1, 0.15) is 49.5 Å². The molecule has 0 radical (unpaired) electrons. The van der Waals surface area contributed by atoms with Gasteiger partial charge in [-0.15, -0.1) is 0 Å². The number of nitrogens with zero attached hydrogens (tertiary/aromatic N) is 3. The molecule has 150 valence electrons. The van der Waals surface area contributed by atoms with Crippen molar-refractivity contribution < 1.29 is 19.1 Å². The van der Waals surface area contributed by atoms with E-state index in [2.05, 4.69) is 5.10 Å². The van der Waals surface area contributed by atoms with Gasteiger partial charge in [0.2, 0.25) is 5.69 Å². The zero-order chi connectivity index (χ0) is 19.8. The van der Waals surface area contributed by atoms with Crippen LogP contribution >= 0.6 is 0 Å². The molecule has 1 aromatic heterocycles. The molecule has 1 aliphatic heterocycles. The van der Waals surface area contributed by atoms with Crippen LogP contribution in [-0.4, -0.2) is 52.9 Å². The molecule has 1 fully saturated rings. The Morgan fingerprint density at radius 2 is 1.71 bits per heavy atom. The van der Waals surface area contributed by atoms with Crippen LogP contribution in [0.5, 0.6) is 5.75 Å². The topological polar surface area (TPSA) is 73.7 Å². The molecule has 2 heterocycles. The van der Waals surface area contributed by atoms with E-state index in [0.717, 1.165) is 44.5 Å². The number of para-hydroxylation sites is 1. The zero-order valence-corrected chi connectivity index (χ0v) is 16.3. The first-order valence-corrected chi connectivity index (χ1v) is 9.92. The highest BCUT2D eigenvalue weighted by atomic mass is 16.5. The Balaban J connectivity index is 1.73. The number of aromatic nitrogens is 2. The third-order valence-electron chi connectivity index (χ3n) is 4.73. The summed E-state index contributed by atoms with van der Waals surface area (Å²) in [6.45, 7) is 3.38. The lowest BCUT2D eigenvalue weighted by Gasteiger charge is -2.24. The second-order valence-electron chi connectivity index (χ2n) is 6.78. The quantitative estimate of drug-likeness (QED) is 0.714. The lowest BCUT2D eigenvalue weighted by atomic mass is 10.1. The summed E-state index contributed by atoms with van der Waals surface area (Å²) in [7, 11) is 0. The fourth-order valence-corrected chi connectivity index (χ4v) is 3.25. The highest BCUT2D eigenvalue weighted by molar-refractivity contribution is 5.90. The molecule has 7 nitrogen and oxygen atoms in total. The Hall–Kier alpha value is -2.83. The minimum absolute atomic E-state index is 0.0656. The minimum atomic E-state index is -0.564. The second kappa shape index (κ2) is 9.92. The number of rotatable bonds is 6. The maximum Gasteiger partial charge on any atom is 0.362 e. The Morgan fingerprint density at radius 1 is 1.04 bits per heavy atom. The molecule has 1 aromatic carbocycles. The summed E-state index contributed by atoms with van der Waals surface area (Å²) in [4.78, 5) is 26.7. The van der Waals surface area contributed by atoms with Gasteiger partial charge in [-0.05, 0) is 31.9 Å². The van der Waals surface area contributed by atoms with Crippen LogP contribution in [0.25, 0.3) is 5.69 Å². The highest BCUT2D eigenvalue weighted by Gasteiger charge is 2.22. The van der Waals surface area contributed by atoms with E-state index in [4.69, 9.17) is 9.47 Å². The fraction of sp³-hybridized carbons (Fsp3) is 0.476. The number of likely N-dealkylation sites (tertiary alicyclic amines) is 1. The maximum atomic E-state index is 12.6. The summed E-state index contributed by atoms with van der Waals surface area (Å²) in [6.07, 6.45) is 7.20. The Morgan fingerprint density at radius 3 is 2.39 bits per heavy atom. The van der Waals surface area contributed by atoms with Crippen LogP contribution in [0.2, 0.25) is 0 Å². The molecule has 0 spiro atoms. The Labute approximate surface area is 165 Å². The van der Waals surface area contributed by atoms with Crippen LogP contribution in [0, 0.1) is 0 Å². The Kier molecular flexibility index (Phi) is 7.06. The molecule has 0 aliphatic carbocycles. The van der Waals surface area contributed by atoms with Crippen molar-refractivity contribution in [3.63, 3.8) is 0 Å². The van der Waals surface area contributed by atoms with Crippen LogP contribution in [0.3, 0.4) is 0 Å². The molecule has 28 heavy (non-hydrogen) atoms. The number of benzene rings is 1. The summed E-state index contributed by atoms with van der Waals surface area (Å²) < 4.78 is 12.4. The van der Waals surface area contributed by atoms with Gasteiger partial charge in [-0.1, -0.05) is 37.5 Å². The van der Waals surface area contributed by atoms with E-state index in [1.807, 2.05) is 35.2 Å². The standard InChI is InChI=1S/C21H27N3O4/c1-2-27-21(26)20-18(15-24(22-20)17-11-7-6-8-12-17)28-16-19(25)23-13-9-4-3-5-10-14-23/h6-8,11-12,15H,2-5,9-10,13-14,16H2,1H3. The largest absolute Gasteiger partial charge is 0.480 e. The van der Waals surface area contributed by atoms with E-state index in [1.54, 1.807) is 17.8 Å². The first-order valence-electron chi connectivity index (χ1n) is 9.92. The lowest BCUT2D eigenvalue weighted by Crippen LogP contribution is -2.37. The van der Waals surface area contributed by atoms with Crippen LogP contribution in [0.15, 0.2) is 36.5 Å². The number of esters is 1. The van der Waals surface area contributed by atoms with Crippen molar-refractivity contribution in [1.29, 1.82) is 0 Å². The van der Waals surface area contributed by atoms with Gasteiger partial charge in [0, 0.05) is 13.1 Å². The van der Waals surface area contributed by atoms with E-state index in [9.17, 15) is 9.59 Å². The summed E-state index contributed by atoms with van der Waals surface area (Å²) in [5.41, 5.74) is 0.865. The summed E-state index contributed by atoms with van der Waals surface area (Å²) in [6, 6.07) is 9.41. The molecule has 1 saturated heterocycles. The normalized spacial score (nSPS) is 14.8. The molecule has 1 aliphatic rings. The van der Waals surface area contributed by atoms with Gasteiger partial charge in [0.1, 0.15) is 0 Å². The van der Waals surface area contributed by atoms with Gasteiger partial charge in [-0.2, -0.15) is 5.10 Å². The van der Waals surface area contributed by atoms with Gasteiger partial charge in [-0.3, -0.25) is 4.79 Å². The van der Waals surface area contributed by atoms with Gasteiger partial charge in [0.25, 0.3) is 5.91 Å². The van der Waals surface area contributed by atoms with Crippen molar-refractivity contribution in [1.82, 2.24) is 14.7 Å². The summed E-state index contributed by atoms with van der Waals surface area (Å²) in [5.74, 6) is -0.377. The van der Waals surface area contributed by atoms with E-state index in [-0.39, 0.29) is 30.6 Å². The predicted octanol–water partition coefficient (Wildman–Crippen LogP) is 3.22. The molecule has 2 aromatic rings. The third-order valence-corrected chi connectivity index (χ3v) is 4.73. The van der Waals surface area contributed by atoms with Crippen molar-refractivity contribution in [2.75, 3.05) is 26.3 Å². The van der Waals surface area contributed by atoms with E-state index < -0.39 is 5.97 Å². The molecule has 3 rings (SSSR count). The number of carbonyl (C=O) groups excluding carboxylic acids is 2. The van der Waals surface area contributed by atoms with Gasteiger partial charge in [0.15, 0.2) is 12.4 Å². The molecule has 1 amide bonds. The predicted molar refractivity (Wildman–Crippen MR) is 105 cm³/mol. The molecule has 0 unspecified atom stereocenters. The average Bonchev–Trinajstić information content (AvgIpc) is 3.11. The number of ether oxygens (including phenoxy) is 2. The molecule has 0 saturated carbocycles. The van der Waals surface area contributed by atoms with Gasteiger partial charge in [-0.25, -0.2) is 9.48 Å². The molecular weight excluding hydrogens is 358 g/mol. The summed E-state index contributed by atoms with van der Waals surface area (Å²) in [5, 5.41) is 4.31. The molecule has 7 heteroatoms. The van der Waals surface area contributed by atoms with E-state index in [1.165, 1.54) is 6.42 Å². The third kappa shape index (κ3) is 5.12. The fourth-order valence-electron chi connectivity index (χ4n) is 3.25. The lowest BCUT2D eigenvalue weighted by molar-refractivity contribution is -0.133. The van der Waals surface area contributed by atoms with Crippen LogP contribution in [-0.2, 0) is 9.53 Å². The number of carbonyl (C=O) groups is 2. The van der Waals surface area contributed by atoms with Crippen molar-refractivity contribution in [2.24, 2.45) is 0 Å². The van der Waals surface area contributed by atoms with E-state index in [0.29, 0.717) is 0 Å². The molecule has 0 N–H and O–H groups in total. The second-order valence-corrected chi connectivity index (χ2v) is 6.78. The highest BCUT2D eigenvalue weighted by Crippen LogP contribution is 2.21.